The Kier molecular flexibility index (Phi) is 4.59. The highest BCUT2D eigenvalue weighted by Crippen LogP contribution is 2.45. The Balaban J connectivity index is 1.90. The summed E-state index contributed by atoms with van der Waals surface area (Å²) < 4.78 is 0. The lowest BCUT2D eigenvalue weighted by atomic mass is 9.79. The molecule has 4 rings (SSSR count). The van der Waals surface area contributed by atoms with Gasteiger partial charge in [-0.05, 0) is 34.0 Å². The van der Waals surface area contributed by atoms with Crippen LogP contribution in [0.2, 0.25) is 0 Å². The summed E-state index contributed by atoms with van der Waals surface area (Å²) in [7, 11) is 0. The fourth-order valence-electron chi connectivity index (χ4n) is 3.30. The Morgan fingerprint density at radius 2 is 0.875 bits per heavy atom. The first kappa shape index (κ1) is 15.4. The highest BCUT2D eigenvalue weighted by atomic mass is 32.1. The average molecular weight is 347 g/mol. The first-order valence-corrected chi connectivity index (χ1v) is 9.86. The summed E-state index contributed by atoms with van der Waals surface area (Å²) in [5.41, 5.74) is 2.75. The minimum Gasteiger partial charge on any atom is -0.148 e. The smallest absolute Gasteiger partial charge is 0.0301 e. The van der Waals surface area contributed by atoms with Gasteiger partial charge in [0, 0.05) is 21.6 Å². The van der Waals surface area contributed by atoms with Crippen molar-refractivity contribution in [2.75, 3.05) is 0 Å². The van der Waals surface area contributed by atoms with E-state index < -0.39 is 0 Å². The van der Waals surface area contributed by atoms with Gasteiger partial charge >= 0.3 is 0 Å². The van der Waals surface area contributed by atoms with Crippen LogP contribution in [0, 0.1) is 0 Å². The second kappa shape index (κ2) is 7.16. The third-order valence-electron chi connectivity index (χ3n) is 4.35. The lowest BCUT2D eigenvalue weighted by molar-refractivity contribution is 0.716. The van der Waals surface area contributed by atoms with Crippen molar-refractivity contribution in [2.45, 2.75) is 11.8 Å². The van der Waals surface area contributed by atoms with Gasteiger partial charge in [-0.1, -0.05) is 72.8 Å². The van der Waals surface area contributed by atoms with E-state index >= 15 is 0 Å². The van der Waals surface area contributed by atoms with Gasteiger partial charge in [-0.15, -0.1) is 22.7 Å². The van der Waals surface area contributed by atoms with Crippen LogP contribution >= 0.6 is 22.7 Å². The van der Waals surface area contributed by atoms with Crippen molar-refractivity contribution >= 4 is 22.7 Å². The van der Waals surface area contributed by atoms with Crippen LogP contribution in [0.15, 0.2) is 95.7 Å². The standard InChI is InChI=1S/C22H18S2/c1-3-9-17(10-4-1)21(19-13-7-15-23-19)22(20-14-8-16-24-20)18-11-5-2-6-12-18/h1-16,21-22H/t21-,22-/m1/s1. The summed E-state index contributed by atoms with van der Waals surface area (Å²) in [5, 5.41) is 4.36. The Morgan fingerprint density at radius 1 is 0.458 bits per heavy atom. The molecule has 2 aromatic carbocycles. The number of thiophene rings is 2. The number of hydrogen-bond acceptors (Lipinski definition) is 2. The molecular weight excluding hydrogens is 328 g/mol. The first-order valence-electron chi connectivity index (χ1n) is 8.10. The van der Waals surface area contributed by atoms with Crippen LogP contribution in [0.1, 0.15) is 32.7 Å². The molecule has 0 radical (unpaired) electrons. The Bertz CT molecular complexity index is 771. The third kappa shape index (κ3) is 3.08. The second-order valence-corrected chi connectivity index (χ2v) is 7.77. The Morgan fingerprint density at radius 3 is 1.21 bits per heavy atom. The van der Waals surface area contributed by atoms with E-state index in [4.69, 9.17) is 0 Å². The molecule has 0 nitrogen and oxygen atoms in total. The Hall–Kier alpha value is -2.16. The van der Waals surface area contributed by atoms with Gasteiger partial charge < -0.3 is 0 Å². The molecule has 0 bridgehead atoms. The van der Waals surface area contributed by atoms with Gasteiger partial charge in [0.15, 0.2) is 0 Å². The van der Waals surface area contributed by atoms with Gasteiger partial charge in [-0.25, -0.2) is 0 Å². The highest BCUT2D eigenvalue weighted by Gasteiger charge is 2.29. The van der Waals surface area contributed by atoms with Crippen molar-refractivity contribution in [3.63, 3.8) is 0 Å². The van der Waals surface area contributed by atoms with Crippen LogP contribution in [0.5, 0.6) is 0 Å². The molecule has 0 saturated carbocycles. The van der Waals surface area contributed by atoms with Crippen molar-refractivity contribution in [1.82, 2.24) is 0 Å². The fourth-order valence-corrected chi connectivity index (χ4v) is 5.08. The normalized spacial score (nSPS) is 13.5. The molecule has 2 heteroatoms. The van der Waals surface area contributed by atoms with E-state index in [1.54, 1.807) is 0 Å². The van der Waals surface area contributed by atoms with Gasteiger partial charge in [-0.2, -0.15) is 0 Å². The zero-order chi connectivity index (χ0) is 16.2. The summed E-state index contributed by atoms with van der Waals surface area (Å²) in [5.74, 6) is 0.680. The van der Waals surface area contributed by atoms with Crippen LogP contribution in [0.25, 0.3) is 0 Å². The quantitative estimate of drug-likeness (QED) is 0.374. The lowest BCUT2D eigenvalue weighted by Gasteiger charge is -2.27. The predicted molar refractivity (Wildman–Crippen MR) is 105 cm³/mol. The summed E-state index contributed by atoms with van der Waals surface area (Å²) in [6, 6.07) is 30.7. The summed E-state index contributed by atoms with van der Waals surface area (Å²) in [4.78, 5) is 2.84. The largest absolute Gasteiger partial charge is 0.148 e. The molecule has 0 aliphatic heterocycles. The molecule has 24 heavy (non-hydrogen) atoms. The topological polar surface area (TPSA) is 0 Å². The monoisotopic (exact) mass is 346 g/mol. The van der Waals surface area contributed by atoms with Crippen LogP contribution in [-0.2, 0) is 0 Å². The highest BCUT2D eigenvalue weighted by molar-refractivity contribution is 7.10. The van der Waals surface area contributed by atoms with Crippen molar-refractivity contribution in [2.24, 2.45) is 0 Å². The van der Waals surface area contributed by atoms with E-state index in [9.17, 15) is 0 Å². The van der Waals surface area contributed by atoms with Crippen molar-refractivity contribution in [3.8, 4) is 0 Å². The summed E-state index contributed by atoms with van der Waals surface area (Å²) >= 11 is 3.70. The van der Waals surface area contributed by atoms with Crippen LogP contribution in [0.4, 0.5) is 0 Å². The van der Waals surface area contributed by atoms with Gasteiger partial charge in [0.1, 0.15) is 0 Å². The molecule has 4 aromatic rings. The Labute approximate surface area is 151 Å². The zero-order valence-corrected chi connectivity index (χ0v) is 14.8. The summed E-state index contributed by atoms with van der Waals surface area (Å²) in [6.45, 7) is 0. The molecule has 0 aliphatic carbocycles. The molecule has 0 spiro atoms. The van der Waals surface area contributed by atoms with Crippen molar-refractivity contribution in [1.29, 1.82) is 0 Å². The molecule has 0 unspecified atom stereocenters. The minimum atomic E-state index is 0.340. The van der Waals surface area contributed by atoms with Gasteiger partial charge in [0.2, 0.25) is 0 Å². The van der Waals surface area contributed by atoms with E-state index in [0.29, 0.717) is 11.8 Å². The average Bonchev–Trinajstić information content (AvgIpc) is 3.35. The summed E-state index contributed by atoms with van der Waals surface area (Å²) in [6.07, 6.45) is 0. The van der Waals surface area contributed by atoms with E-state index in [1.807, 2.05) is 22.7 Å². The molecule has 0 fully saturated rings. The maximum absolute atomic E-state index is 2.27. The maximum Gasteiger partial charge on any atom is 0.0301 e. The van der Waals surface area contributed by atoms with Gasteiger partial charge in [0.05, 0.1) is 0 Å². The van der Waals surface area contributed by atoms with Gasteiger partial charge in [-0.3, -0.25) is 0 Å². The molecule has 0 saturated heterocycles. The molecular formula is C22H18S2. The van der Waals surface area contributed by atoms with Gasteiger partial charge in [0.25, 0.3) is 0 Å². The maximum atomic E-state index is 2.27. The first-order chi connectivity index (χ1) is 11.9. The minimum absolute atomic E-state index is 0.340. The zero-order valence-electron chi connectivity index (χ0n) is 13.2. The molecule has 0 amide bonds. The SMILES string of the molecule is c1ccc([C@H](c2cccs2)[C@H](c2ccccc2)c2cccs2)cc1. The van der Waals surface area contributed by atoms with E-state index in [-0.39, 0.29) is 0 Å². The molecule has 2 atom stereocenters. The van der Waals surface area contributed by atoms with Crippen molar-refractivity contribution < 1.29 is 0 Å². The second-order valence-electron chi connectivity index (χ2n) is 5.81. The molecule has 2 heterocycles. The molecule has 2 aromatic heterocycles. The van der Waals surface area contributed by atoms with Crippen LogP contribution in [0.3, 0.4) is 0 Å². The van der Waals surface area contributed by atoms with Crippen molar-refractivity contribution in [3.05, 3.63) is 117 Å². The van der Waals surface area contributed by atoms with E-state index in [1.165, 1.54) is 20.9 Å². The molecule has 0 aliphatic rings. The van der Waals surface area contributed by atoms with Crippen LogP contribution < -0.4 is 0 Å². The fraction of sp³-hybridized carbons (Fsp3) is 0.0909. The molecule has 0 N–H and O–H groups in total. The van der Waals surface area contributed by atoms with E-state index in [2.05, 4.69) is 95.7 Å². The number of rotatable bonds is 5. The third-order valence-corrected chi connectivity index (χ3v) is 6.26. The molecule has 118 valence electrons. The van der Waals surface area contributed by atoms with E-state index in [0.717, 1.165) is 0 Å². The van der Waals surface area contributed by atoms with Crippen LogP contribution in [-0.4, -0.2) is 0 Å². The predicted octanol–water partition coefficient (Wildman–Crippen LogP) is 6.77. The number of benzene rings is 2. The lowest BCUT2D eigenvalue weighted by Crippen LogP contribution is -2.12. The number of hydrogen-bond donors (Lipinski definition) is 0.